The van der Waals surface area contributed by atoms with Gasteiger partial charge in [0.1, 0.15) is 5.75 Å². The number of hydrogen-bond donors (Lipinski definition) is 0. The maximum atomic E-state index is 5.60. The van der Waals surface area contributed by atoms with Crippen molar-refractivity contribution in [3.8, 4) is 5.75 Å². The Morgan fingerprint density at radius 2 is 2.08 bits per heavy atom. The van der Waals surface area contributed by atoms with E-state index in [4.69, 9.17) is 4.74 Å². The summed E-state index contributed by atoms with van der Waals surface area (Å²) in [6.07, 6.45) is 0.248. The summed E-state index contributed by atoms with van der Waals surface area (Å²) < 4.78 is 6.89. The third kappa shape index (κ3) is 1.83. The lowest BCUT2D eigenvalue weighted by molar-refractivity contribution is 0.243. The summed E-state index contributed by atoms with van der Waals surface area (Å²) in [7, 11) is 0. The molecule has 0 amide bonds. The fourth-order valence-corrected chi connectivity index (χ4v) is 2.10. The predicted molar refractivity (Wildman–Crippen MR) is 57.6 cm³/mol. The van der Waals surface area contributed by atoms with Gasteiger partial charge in [-0.3, -0.25) is 0 Å². The van der Waals surface area contributed by atoms with Gasteiger partial charge in [-0.2, -0.15) is 0 Å². The van der Waals surface area contributed by atoms with Gasteiger partial charge in [0, 0.05) is 4.70 Å². The van der Waals surface area contributed by atoms with Gasteiger partial charge in [0.2, 0.25) is 0 Å². The maximum absolute atomic E-state index is 5.60. The molecule has 0 saturated heterocycles. The quantitative estimate of drug-likeness (QED) is 0.705. The van der Waals surface area contributed by atoms with Crippen molar-refractivity contribution < 1.29 is 4.74 Å². The first-order chi connectivity index (χ1) is 6.25. The second-order valence-electron chi connectivity index (χ2n) is 3.29. The Balaban J connectivity index is 2.37. The number of thiophene rings is 1. The molecule has 0 radical (unpaired) electrons. The summed E-state index contributed by atoms with van der Waals surface area (Å²) >= 11 is 1.75. The maximum Gasteiger partial charge on any atom is 0.121 e. The lowest BCUT2D eigenvalue weighted by Crippen LogP contribution is -2.04. The van der Waals surface area contributed by atoms with Gasteiger partial charge in [-0.1, -0.05) is 0 Å². The molecule has 0 unspecified atom stereocenters. The van der Waals surface area contributed by atoms with E-state index < -0.39 is 0 Å². The van der Waals surface area contributed by atoms with Crippen molar-refractivity contribution in [1.82, 2.24) is 0 Å². The third-order valence-electron chi connectivity index (χ3n) is 1.80. The second-order valence-corrected chi connectivity index (χ2v) is 4.23. The molecule has 0 atom stereocenters. The highest BCUT2D eigenvalue weighted by molar-refractivity contribution is 7.17. The van der Waals surface area contributed by atoms with Gasteiger partial charge in [-0.15, -0.1) is 11.3 Å². The van der Waals surface area contributed by atoms with E-state index >= 15 is 0 Å². The van der Waals surface area contributed by atoms with E-state index in [2.05, 4.69) is 23.6 Å². The first-order valence-electron chi connectivity index (χ1n) is 4.39. The van der Waals surface area contributed by atoms with Crippen LogP contribution in [0.15, 0.2) is 29.6 Å². The molecule has 0 bridgehead atoms. The minimum absolute atomic E-state index is 0.248. The van der Waals surface area contributed by atoms with Crippen LogP contribution in [0.5, 0.6) is 5.75 Å². The number of hydrogen-bond acceptors (Lipinski definition) is 2. The summed E-state index contributed by atoms with van der Waals surface area (Å²) in [6, 6.07) is 8.34. The standard InChI is InChI=1S/C11H12OS/c1-8(2)12-10-4-3-9-5-6-13-11(9)7-10/h3-8H,1-2H3. The van der Waals surface area contributed by atoms with Crippen LogP contribution >= 0.6 is 11.3 Å². The van der Waals surface area contributed by atoms with Gasteiger partial charge in [0.15, 0.2) is 0 Å². The number of benzene rings is 1. The lowest BCUT2D eigenvalue weighted by Gasteiger charge is -2.08. The van der Waals surface area contributed by atoms with E-state index in [-0.39, 0.29) is 6.10 Å². The summed E-state index contributed by atoms with van der Waals surface area (Å²) in [5, 5.41) is 3.39. The van der Waals surface area contributed by atoms with Crippen molar-refractivity contribution in [2.75, 3.05) is 0 Å². The van der Waals surface area contributed by atoms with Gasteiger partial charge in [0.25, 0.3) is 0 Å². The average molecular weight is 192 g/mol. The van der Waals surface area contributed by atoms with Crippen LogP contribution in [0, 0.1) is 0 Å². The zero-order chi connectivity index (χ0) is 9.26. The van der Waals surface area contributed by atoms with Crippen molar-refractivity contribution in [2.24, 2.45) is 0 Å². The fraction of sp³-hybridized carbons (Fsp3) is 0.273. The van der Waals surface area contributed by atoms with Crippen molar-refractivity contribution in [3.63, 3.8) is 0 Å². The number of rotatable bonds is 2. The van der Waals surface area contributed by atoms with Crippen LogP contribution in [0.25, 0.3) is 10.1 Å². The smallest absolute Gasteiger partial charge is 0.121 e. The zero-order valence-corrected chi connectivity index (χ0v) is 8.60. The van der Waals surface area contributed by atoms with Crippen molar-refractivity contribution >= 4 is 21.4 Å². The molecule has 1 heterocycles. The van der Waals surface area contributed by atoms with Crippen molar-refractivity contribution in [2.45, 2.75) is 20.0 Å². The topological polar surface area (TPSA) is 9.23 Å². The molecule has 0 N–H and O–H groups in total. The molecule has 0 aliphatic carbocycles. The molecule has 68 valence electrons. The largest absolute Gasteiger partial charge is 0.491 e. The highest BCUT2D eigenvalue weighted by atomic mass is 32.1. The summed E-state index contributed by atoms with van der Waals surface area (Å²) in [5.41, 5.74) is 0. The molecular formula is C11H12OS. The second kappa shape index (κ2) is 3.38. The SMILES string of the molecule is CC(C)Oc1ccc2ccsc2c1. The van der Waals surface area contributed by atoms with E-state index in [0.29, 0.717) is 0 Å². The van der Waals surface area contributed by atoms with Gasteiger partial charge in [-0.05, 0) is 48.9 Å². The zero-order valence-electron chi connectivity index (χ0n) is 7.78. The summed E-state index contributed by atoms with van der Waals surface area (Å²) in [6.45, 7) is 4.08. The summed E-state index contributed by atoms with van der Waals surface area (Å²) in [4.78, 5) is 0. The molecule has 1 aromatic carbocycles. The van der Waals surface area contributed by atoms with Crippen LogP contribution in [-0.4, -0.2) is 6.10 Å². The molecular weight excluding hydrogens is 180 g/mol. The van der Waals surface area contributed by atoms with E-state index in [1.165, 1.54) is 10.1 Å². The van der Waals surface area contributed by atoms with Crippen LogP contribution in [0.4, 0.5) is 0 Å². The van der Waals surface area contributed by atoms with Crippen LogP contribution in [0.1, 0.15) is 13.8 Å². The van der Waals surface area contributed by atoms with Crippen LogP contribution in [0.3, 0.4) is 0 Å². The average Bonchev–Trinajstić information content (AvgIpc) is 2.49. The van der Waals surface area contributed by atoms with Crippen molar-refractivity contribution in [1.29, 1.82) is 0 Å². The van der Waals surface area contributed by atoms with Gasteiger partial charge < -0.3 is 4.74 Å². The molecule has 2 aromatic rings. The fourth-order valence-electron chi connectivity index (χ4n) is 1.28. The lowest BCUT2D eigenvalue weighted by atomic mass is 10.2. The molecule has 13 heavy (non-hydrogen) atoms. The Kier molecular flexibility index (Phi) is 2.23. The first-order valence-corrected chi connectivity index (χ1v) is 5.27. The predicted octanol–water partition coefficient (Wildman–Crippen LogP) is 3.69. The Morgan fingerprint density at radius 1 is 1.23 bits per heavy atom. The molecule has 0 aliphatic heterocycles. The summed E-state index contributed by atoms with van der Waals surface area (Å²) in [5.74, 6) is 0.963. The highest BCUT2D eigenvalue weighted by Crippen LogP contribution is 2.25. The molecule has 1 nitrogen and oxygen atoms in total. The van der Waals surface area contributed by atoms with E-state index in [0.717, 1.165) is 5.75 Å². The van der Waals surface area contributed by atoms with Crippen molar-refractivity contribution in [3.05, 3.63) is 29.6 Å². The van der Waals surface area contributed by atoms with E-state index in [9.17, 15) is 0 Å². The number of ether oxygens (including phenoxy) is 1. The van der Waals surface area contributed by atoms with Crippen LogP contribution in [0.2, 0.25) is 0 Å². The molecule has 0 aliphatic rings. The molecule has 2 heteroatoms. The molecule has 2 rings (SSSR count). The van der Waals surface area contributed by atoms with Crippen LogP contribution in [-0.2, 0) is 0 Å². The Labute approximate surface area is 82.0 Å². The third-order valence-corrected chi connectivity index (χ3v) is 2.68. The van der Waals surface area contributed by atoms with E-state index in [1.54, 1.807) is 11.3 Å². The Morgan fingerprint density at radius 3 is 2.85 bits per heavy atom. The Hall–Kier alpha value is -1.02. The minimum atomic E-state index is 0.248. The van der Waals surface area contributed by atoms with Gasteiger partial charge >= 0.3 is 0 Å². The first kappa shape index (κ1) is 8.57. The molecule has 1 aromatic heterocycles. The van der Waals surface area contributed by atoms with E-state index in [1.807, 2.05) is 19.9 Å². The molecule has 0 saturated carbocycles. The molecule has 0 fully saturated rings. The Bertz CT molecular complexity index is 403. The van der Waals surface area contributed by atoms with Crippen LogP contribution < -0.4 is 4.74 Å². The minimum Gasteiger partial charge on any atom is -0.491 e. The highest BCUT2D eigenvalue weighted by Gasteiger charge is 1.99. The monoisotopic (exact) mass is 192 g/mol. The normalized spacial score (nSPS) is 11.0. The van der Waals surface area contributed by atoms with Gasteiger partial charge in [-0.25, -0.2) is 0 Å². The molecule has 0 spiro atoms. The number of fused-ring (bicyclic) bond motifs is 1. The van der Waals surface area contributed by atoms with Gasteiger partial charge in [0.05, 0.1) is 6.10 Å².